The summed E-state index contributed by atoms with van der Waals surface area (Å²) in [5.41, 5.74) is 8.73. The third-order valence-corrected chi connectivity index (χ3v) is 7.78. The molecular formula is C34H51NO2. The molecule has 2 rings (SSSR count). The second-order valence-electron chi connectivity index (χ2n) is 10.7. The number of carbonyl (C=O) groups is 1. The molecule has 3 atom stereocenters. The third kappa shape index (κ3) is 14.2. The van der Waals surface area contributed by atoms with E-state index in [2.05, 4.69) is 73.7 Å². The second-order valence-corrected chi connectivity index (χ2v) is 10.7. The molecule has 0 spiro atoms. The van der Waals surface area contributed by atoms with Gasteiger partial charge in [-0.05, 0) is 99.6 Å². The summed E-state index contributed by atoms with van der Waals surface area (Å²) in [6, 6.07) is 21.2. The zero-order valence-corrected chi connectivity index (χ0v) is 23.2. The van der Waals surface area contributed by atoms with Crippen LogP contribution < -0.4 is 5.73 Å². The maximum Gasteiger partial charge on any atom is 0.303 e. The average Bonchev–Trinajstić information content (AvgIpc) is 2.91. The molecule has 0 saturated heterocycles. The summed E-state index contributed by atoms with van der Waals surface area (Å²) in [6.45, 7) is 2.88. The molecule has 3 N–H and O–H groups in total. The highest BCUT2D eigenvalue weighted by molar-refractivity contribution is 5.67. The molecule has 0 heterocycles. The van der Waals surface area contributed by atoms with Gasteiger partial charge in [0.2, 0.25) is 0 Å². The Balaban J connectivity index is 1.99. The molecule has 0 amide bonds. The van der Waals surface area contributed by atoms with Crippen LogP contribution in [0.3, 0.4) is 0 Å². The molecule has 2 aromatic rings. The number of benzene rings is 2. The lowest BCUT2D eigenvalue weighted by atomic mass is 9.78. The molecular weight excluding hydrogens is 454 g/mol. The highest BCUT2D eigenvalue weighted by Crippen LogP contribution is 2.32. The van der Waals surface area contributed by atoms with Gasteiger partial charge in [-0.25, -0.2) is 0 Å². The van der Waals surface area contributed by atoms with Gasteiger partial charge in [0.05, 0.1) is 0 Å². The fourth-order valence-corrected chi connectivity index (χ4v) is 5.50. The van der Waals surface area contributed by atoms with E-state index >= 15 is 0 Å². The molecule has 0 aromatic heterocycles. The summed E-state index contributed by atoms with van der Waals surface area (Å²) < 4.78 is 0. The molecule has 0 fully saturated rings. The SMILES string of the molecule is CCCCCCC=CCC(CCc1ccccc1)CCC(CCN)C(CCc1ccccc1)CC(=O)O. The lowest BCUT2D eigenvalue weighted by Crippen LogP contribution is -2.23. The molecule has 0 radical (unpaired) electrons. The Bertz CT molecular complexity index is 849. The van der Waals surface area contributed by atoms with Gasteiger partial charge in [0.1, 0.15) is 0 Å². The maximum absolute atomic E-state index is 11.8. The highest BCUT2D eigenvalue weighted by atomic mass is 16.4. The number of carboxylic acids is 1. The van der Waals surface area contributed by atoms with E-state index < -0.39 is 5.97 Å². The molecule has 3 heteroatoms. The Kier molecular flexibility index (Phi) is 16.4. The summed E-state index contributed by atoms with van der Waals surface area (Å²) in [6.07, 6.45) is 19.8. The third-order valence-electron chi connectivity index (χ3n) is 7.78. The van der Waals surface area contributed by atoms with Crippen LogP contribution in [0.2, 0.25) is 0 Å². The van der Waals surface area contributed by atoms with Crippen molar-refractivity contribution in [3.8, 4) is 0 Å². The van der Waals surface area contributed by atoms with Crippen molar-refractivity contribution in [1.82, 2.24) is 0 Å². The van der Waals surface area contributed by atoms with Crippen molar-refractivity contribution in [2.24, 2.45) is 23.5 Å². The van der Waals surface area contributed by atoms with Gasteiger partial charge in [0.25, 0.3) is 0 Å². The standard InChI is InChI=1S/C34H51NO2/c1-2-3-4-5-6-7-10-19-31(21-20-29-15-11-8-12-16-29)22-24-32(26-27-35)33(28-34(36)37)25-23-30-17-13-9-14-18-30/h7-18,31-33H,2-6,19-28,35H2,1H3,(H,36,37). The van der Waals surface area contributed by atoms with Crippen LogP contribution in [-0.2, 0) is 17.6 Å². The molecule has 2 aromatic carbocycles. The average molecular weight is 506 g/mol. The smallest absolute Gasteiger partial charge is 0.303 e. The number of allylic oxidation sites excluding steroid dienone is 2. The zero-order chi connectivity index (χ0) is 26.6. The molecule has 3 unspecified atom stereocenters. The first-order valence-electron chi connectivity index (χ1n) is 14.8. The van der Waals surface area contributed by atoms with E-state index in [0.717, 1.165) is 44.9 Å². The van der Waals surface area contributed by atoms with E-state index in [1.165, 1.54) is 49.7 Å². The number of aliphatic carboxylic acids is 1. The van der Waals surface area contributed by atoms with Crippen LogP contribution in [0, 0.1) is 17.8 Å². The van der Waals surface area contributed by atoms with Crippen molar-refractivity contribution in [3.05, 3.63) is 83.9 Å². The molecule has 37 heavy (non-hydrogen) atoms. The fourth-order valence-electron chi connectivity index (χ4n) is 5.50. The van der Waals surface area contributed by atoms with Gasteiger partial charge in [0.15, 0.2) is 0 Å². The van der Waals surface area contributed by atoms with Gasteiger partial charge in [-0.15, -0.1) is 0 Å². The van der Waals surface area contributed by atoms with Crippen molar-refractivity contribution in [2.75, 3.05) is 6.54 Å². The lowest BCUT2D eigenvalue weighted by molar-refractivity contribution is -0.138. The van der Waals surface area contributed by atoms with E-state index in [9.17, 15) is 9.90 Å². The topological polar surface area (TPSA) is 63.3 Å². The first-order valence-corrected chi connectivity index (χ1v) is 14.8. The van der Waals surface area contributed by atoms with Crippen LogP contribution in [0.25, 0.3) is 0 Å². The number of nitrogens with two attached hydrogens (primary N) is 1. The van der Waals surface area contributed by atoms with E-state index in [1.54, 1.807) is 0 Å². The minimum atomic E-state index is -0.688. The predicted molar refractivity (Wildman–Crippen MR) is 158 cm³/mol. The molecule has 0 aliphatic heterocycles. The quantitative estimate of drug-likeness (QED) is 0.132. The summed E-state index contributed by atoms with van der Waals surface area (Å²) in [5.74, 6) is 0.464. The lowest BCUT2D eigenvalue weighted by Gasteiger charge is -2.28. The van der Waals surface area contributed by atoms with Crippen LogP contribution in [-0.4, -0.2) is 17.6 Å². The normalized spacial score (nSPS) is 14.0. The second kappa shape index (κ2) is 19.7. The Morgan fingerprint density at radius 3 is 2.03 bits per heavy atom. The first-order chi connectivity index (χ1) is 18.1. The monoisotopic (exact) mass is 505 g/mol. The Morgan fingerprint density at radius 1 is 0.784 bits per heavy atom. The van der Waals surface area contributed by atoms with Gasteiger partial charge < -0.3 is 10.8 Å². The summed E-state index contributed by atoms with van der Waals surface area (Å²) in [7, 11) is 0. The van der Waals surface area contributed by atoms with Crippen molar-refractivity contribution in [3.63, 3.8) is 0 Å². The minimum absolute atomic E-state index is 0.171. The van der Waals surface area contributed by atoms with Gasteiger partial charge in [0, 0.05) is 6.42 Å². The van der Waals surface area contributed by atoms with Crippen LogP contribution in [0.1, 0.15) is 95.1 Å². The number of rotatable bonds is 21. The van der Waals surface area contributed by atoms with E-state index in [4.69, 9.17) is 5.73 Å². The Labute approximate surface area is 226 Å². The van der Waals surface area contributed by atoms with Crippen LogP contribution >= 0.6 is 0 Å². The number of hydrogen-bond donors (Lipinski definition) is 2. The molecule has 0 bridgehead atoms. The summed E-state index contributed by atoms with van der Waals surface area (Å²) >= 11 is 0. The van der Waals surface area contributed by atoms with Crippen molar-refractivity contribution < 1.29 is 9.90 Å². The van der Waals surface area contributed by atoms with Crippen LogP contribution in [0.4, 0.5) is 0 Å². The molecule has 0 aliphatic rings. The van der Waals surface area contributed by atoms with Crippen molar-refractivity contribution in [2.45, 2.75) is 96.8 Å². The van der Waals surface area contributed by atoms with Gasteiger partial charge >= 0.3 is 5.97 Å². The van der Waals surface area contributed by atoms with Crippen molar-refractivity contribution in [1.29, 1.82) is 0 Å². The minimum Gasteiger partial charge on any atom is -0.481 e. The van der Waals surface area contributed by atoms with Gasteiger partial charge in [-0.1, -0.05) is 99.0 Å². The number of unbranched alkanes of at least 4 members (excludes halogenated alkanes) is 4. The van der Waals surface area contributed by atoms with E-state index in [0.29, 0.717) is 18.4 Å². The highest BCUT2D eigenvalue weighted by Gasteiger charge is 2.24. The molecule has 0 aliphatic carbocycles. The number of aryl methyl sites for hydroxylation is 2. The maximum atomic E-state index is 11.8. The molecule has 204 valence electrons. The summed E-state index contributed by atoms with van der Waals surface area (Å²) in [5, 5.41) is 9.67. The summed E-state index contributed by atoms with van der Waals surface area (Å²) in [4.78, 5) is 11.8. The number of carboxylic acid groups (broad SMARTS) is 1. The van der Waals surface area contributed by atoms with Crippen LogP contribution in [0.5, 0.6) is 0 Å². The van der Waals surface area contributed by atoms with Crippen LogP contribution in [0.15, 0.2) is 72.8 Å². The first kappa shape index (κ1) is 30.8. The zero-order valence-electron chi connectivity index (χ0n) is 23.2. The van der Waals surface area contributed by atoms with Crippen molar-refractivity contribution >= 4 is 5.97 Å². The molecule has 3 nitrogen and oxygen atoms in total. The van der Waals surface area contributed by atoms with E-state index in [1.807, 2.05) is 6.07 Å². The Hall–Kier alpha value is -2.39. The van der Waals surface area contributed by atoms with Gasteiger partial charge in [-0.2, -0.15) is 0 Å². The number of hydrogen-bond acceptors (Lipinski definition) is 2. The predicted octanol–water partition coefficient (Wildman–Crippen LogP) is 8.62. The molecule has 0 saturated carbocycles. The van der Waals surface area contributed by atoms with E-state index in [-0.39, 0.29) is 12.3 Å². The largest absolute Gasteiger partial charge is 0.481 e. The fraction of sp³-hybridized carbons (Fsp3) is 0.559. The Morgan fingerprint density at radius 2 is 1.43 bits per heavy atom. The van der Waals surface area contributed by atoms with Gasteiger partial charge in [-0.3, -0.25) is 4.79 Å².